The summed E-state index contributed by atoms with van der Waals surface area (Å²) in [7, 11) is 1.63. The van der Waals surface area contributed by atoms with Crippen molar-refractivity contribution in [3.63, 3.8) is 0 Å². The van der Waals surface area contributed by atoms with Crippen molar-refractivity contribution in [2.45, 2.75) is 26.2 Å². The van der Waals surface area contributed by atoms with Crippen molar-refractivity contribution in [1.29, 1.82) is 0 Å². The van der Waals surface area contributed by atoms with E-state index < -0.39 is 11.7 Å². The Hall–Kier alpha value is -3.55. The number of aromatic nitrogens is 2. The lowest BCUT2D eigenvalue weighted by atomic mass is 10.1. The minimum atomic E-state index is -4.45. The molecule has 5 nitrogen and oxygen atoms in total. The first kappa shape index (κ1) is 20.7. The maximum absolute atomic E-state index is 13.0. The molecule has 0 saturated heterocycles. The molecule has 0 radical (unpaired) electrons. The van der Waals surface area contributed by atoms with Crippen molar-refractivity contribution in [3.05, 3.63) is 77.8 Å². The number of benzene rings is 2. The van der Waals surface area contributed by atoms with Gasteiger partial charge in [-0.15, -0.1) is 0 Å². The number of rotatable bonds is 5. The number of hydrogen-bond donors (Lipinski definition) is 0. The summed E-state index contributed by atoms with van der Waals surface area (Å²) in [5.41, 5.74) is 1.32. The van der Waals surface area contributed by atoms with Crippen LogP contribution in [0.15, 0.2) is 65.1 Å². The minimum Gasteiger partial charge on any atom is -0.451 e. The van der Waals surface area contributed by atoms with Gasteiger partial charge < -0.3 is 13.9 Å². The molecule has 0 N–H and O–H groups in total. The summed E-state index contributed by atoms with van der Waals surface area (Å²) in [4.78, 5) is 18.9. The fourth-order valence-corrected chi connectivity index (χ4v) is 3.53. The van der Waals surface area contributed by atoms with Crippen molar-refractivity contribution < 1.29 is 22.4 Å². The fourth-order valence-electron chi connectivity index (χ4n) is 3.53. The van der Waals surface area contributed by atoms with E-state index in [2.05, 4.69) is 4.98 Å². The van der Waals surface area contributed by atoms with E-state index >= 15 is 0 Å². The molecule has 160 valence electrons. The van der Waals surface area contributed by atoms with Crippen LogP contribution in [-0.4, -0.2) is 27.4 Å². The van der Waals surface area contributed by atoms with Gasteiger partial charge in [0.15, 0.2) is 5.76 Å². The SMILES string of the molecule is CCn1c(CN(C)C(=O)c2ccc(-c3cccc(C(F)(F)F)c3)o2)nc2ccccc21. The van der Waals surface area contributed by atoms with Gasteiger partial charge in [-0.05, 0) is 43.3 Å². The number of furan rings is 1. The normalized spacial score (nSPS) is 11.8. The highest BCUT2D eigenvalue weighted by Gasteiger charge is 2.30. The summed E-state index contributed by atoms with van der Waals surface area (Å²) in [6.07, 6.45) is -4.45. The van der Waals surface area contributed by atoms with Crippen LogP contribution < -0.4 is 0 Å². The molecule has 4 rings (SSSR count). The average molecular weight is 427 g/mol. The minimum absolute atomic E-state index is 0.0501. The molecule has 31 heavy (non-hydrogen) atoms. The van der Waals surface area contributed by atoms with Gasteiger partial charge in [-0.25, -0.2) is 4.98 Å². The Labute approximate surface area is 176 Å². The summed E-state index contributed by atoms with van der Waals surface area (Å²) in [6, 6.07) is 15.5. The molecule has 4 aromatic rings. The number of aryl methyl sites for hydroxylation is 1. The zero-order valence-electron chi connectivity index (χ0n) is 17.0. The molecule has 8 heteroatoms. The molecule has 0 bridgehead atoms. The highest BCUT2D eigenvalue weighted by molar-refractivity contribution is 5.92. The molecule has 2 heterocycles. The zero-order chi connectivity index (χ0) is 22.2. The van der Waals surface area contributed by atoms with Gasteiger partial charge >= 0.3 is 6.18 Å². The van der Waals surface area contributed by atoms with Gasteiger partial charge in [0.1, 0.15) is 11.6 Å². The zero-order valence-corrected chi connectivity index (χ0v) is 17.0. The van der Waals surface area contributed by atoms with E-state index in [-0.39, 0.29) is 29.5 Å². The molecule has 0 saturated carbocycles. The number of fused-ring (bicyclic) bond motifs is 1. The monoisotopic (exact) mass is 427 g/mol. The molecule has 0 aliphatic carbocycles. The Kier molecular flexibility index (Phi) is 5.31. The van der Waals surface area contributed by atoms with E-state index in [0.29, 0.717) is 6.54 Å². The van der Waals surface area contributed by atoms with E-state index in [1.165, 1.54) is 29.2 Å². The number of hydrogen-bond acceptors (Lipinski definition) is 3. The molecule has 1 amide bonds. The van der Waals surface area contributed by atoms with Crippen molar-refractivity contribution in [2.24, 2.45) is 0 Å². The smallest absolute Gasteiger partial charge is 0.416 e. The molecule has 2 aromatic heterocycles. The van der Waals surface area contributed by atoms with Gasteiger partial charge in [-0.1, -0.05) is 24.3 Å². The molecular weight excluding hydrogens is 407 g/mol. The van der Waals surface area contributed by atoms with E-state index in [1.54, 1.807) is 7.05 Å². The molecule has 0 aliphatic rings. The second kappa shape index (κ2) is 7.94. The first-order valence-electron chi connectivity index (χ1n) is 9.75. The largest absolute Gasteiger partial charge is 0.451 e. The van der Waals surface area contributed by atoms with Gasteiger partial charge in [-0.3, -0.25) is 4.79 Å². The Balaban J connectivity index is 1.55. The second-order valence-electron chi connectivity index (χ2n) is 7.16. The van der Waals surface area contributed by atoms with Crippen LogP contribution in [0.4, 0.5) is 13.2 Å². The molecule has 0 fully saturated rings. The van der Waals surface area contributed by atoms with Crippen LogP contribution >= 0.6 is 0 Å². The fraction of sp³-hybridized carbons (Fsp3) is 0.217. The topological polar surface area (TPSA) is 51.3 Å². The van der Waals surface area contributed by atoms with Crippen molar-refractivity contribution >= 4 is 16.9 Å². The lowest BCUT2D eigenvalue weighted by Gasteiger charge is -2.16. The highest BCUT2D eigenvalue weighted by Crippen LogP contribution is 2.32. The highest BCUT2D eigenvalue weighted by atomic mass is 19.4. The molecule has 0 aliphatic heterocycles. The number of amides is 1. The van der Waals surface area contributed by atoms with Gasteiger partial charge in [0, 0.05) is 19.2 Å². The number of nitrogens with zero attached hydrogens (tertiary/aromatic N) is 3. The second-order valence-corrected chi connectivity index (χ2v) is 7.16. The van der Waals surface area contributed by atoms with E-state index in [0.717, 1.165) is 29.0 Å². The number of alkyl halides is 3. The standard InChI is InChI=1S/C23H20F3N3O2/c1-3-29-18-10-5-4-9-17(18)27-21(29)14-28(2)22(30)20-12-11-19(31-20)15-7-6-8-16(13-15)23(24,25)26/h4-13H,3,14H2,1-2H3. The molecule has 0 spiro atoms. The van der Waals surface area contributed by atoms with Crippen molar-refractivity contribution in [2.75, 3.05) is 7.05 Å². The lowest BCUT2D eigenvalue weighted by molar-refractivity contribution is -0.137. The van der Waals surface area contributed by atoms with E-state index in [1.807, 2.05) is 35.8 Å². The molecule has 0 unspecified atom stereocenters. The lowest BCUT2D eigenvalue weighted by Crippen LogP contribution is -2.27. The maximum Gasteiger partial charge on any atom is 0.416 e. The van der Waals surface area contributed by atoms with Gasteiger partial charge in [-0.2, -0.15) is 13.2 Å². The number of carbonyl (C=O) groups is 1. The van der Waals surface area contributed by atoms with Crippen molar-refractivity contribution in [3.8, 4) is 11.3 Å². The summed E-state index contributed by atoms with van der Waals surface area (Å²) >= 11 is 0. The summed E-state index contributed by atoms with van der Waals surface area (Å²) in [5.74, 6) is 0.606. The third-order valence-electron chi connectivity index (χ3n) is 5.07. The first-order valence-corrected chi connectivity index (χ1v) is 9.75. The first-order chi connectivity index (χ1) is 14.8. The Morgan fingerprint density at radius 2 is 1.87 bits per heavy atom. The Bertz CT molecular complexity index is 1240. The number of carbonyl (C=O) groups excluding carboxylic acids is 1. The van der Waals surface area contributed by atoms with Crippen LogP contribution in [0.2, 0.25) is 0 Å². The van der Waals surface area contributed by atoms with Crippen LogP contribution in [0.1, 0.15) is 28.9 Å². The van der Waals surface area contributed by atoms with Gasteiger partial charge in [0.25, 0.3) is 5.91 Å². The quantitative estimate of drug-likeness (QED) is 0.416. The average Bonchev–Trinajstić information content (AvgIpc) is 3.37. The predicted molar refractivity (Wildman–Crippen MR) is 110 cm³/mol. The third-order valence-corrected chi connectivity index (χ3v) is 5.07. The van der Waals surface area contributed by atoms with E-state index in [9.17, 15) is 18.0 Å². The van der Waals surface area contributed by atoms with Crippen LogP contribution in [0.5, 0.6) is 0 Å². The number of halogens is 3. The third kappa shape index (κ3) is 4.05. The molecular formula is C23H20F3N3O2. The molecule has 2 aromatic carbocycles. The van der Waals surface area contributed by atoms with Crippen LogP contribution in [0.3, 0.4) is 0 Å². The molecule has 0 atom stereocenters. The maximum atomic E-state index is 13.0. The van der Waals surface area contributed by atoms with Gasteiger partial charge in [0.2, 0.25) is 0 Å². The summed E-state index contributed by atoms with van der Waals surface area (Å²) in [6.45, 7) is 2.98. The van der Waals surface area contributed by atoms with Crippen LogP contribution in [-0.2, 0) is 19.3 Å². The number of para-hydroxylation sites is 2. The van der Waals surface area contributed by atoms with Crippen molar-refractivity contribution in [1.82, 2.24) is 14.5 Å². The Morgan fingerprint density at radius 3 is 2.61 bits per heavy atom. The predicted octanol–water partition coefficient (Wildman–Crippen LogP) is 5.61. The summed E-state index contributed by atoms with van der Waals surface area (Å²) < 4.78 is 46.5. The van der Waals surface area contributed by atoms with Crippen LogP contribution in [0, 0.1) is 0 Å². The van der Waals surface area contributed by atoms with E-state index in [4.69, 9.17) is 4.42 Å². The van der Waals surface area contributed by atoms with Crippen LogP contribution in [0.25, 0.3) is 22.4 Å². The Morgan fingerprint density at radius 1 is 1.10 bits per heavy atom. The summed E-state index contributed by atoms with van der Waals surface area (Å²) in [5, 5.41) is 0. The van der Waals surface area contributed by atoms with Gasteiger partial charge in [0.05, 0.1) is 23.1 Å². The number of imidazole rings is 1.